The van der Waals surface area contributed by atoms with Crippen molar-refractivity contribution in [3.05, 3.63) is 0 Å². The van der Waals surface area contributed by atoms with Crippen molar-refractivity contribution in [1.29, 1.82) is 0 Å². The molecular formula is C8H21NO2Si. The van der Waals surface area contributed by atoms with E-state index in [1.54, 1.807) is 14.2 Å². The van der Waals surface area contributed by atoms with E-state index in [-0.39, 0.29) is 6.04 Å². The van der Waals surface area contributed by atoms with E-state index in [4.69, 9.17) is 14.6 Å². The molecule has 0 aromatic carbocycles. The van der Waals surface area contributed by atoms with Gasteiger partial charge in [-0.15, -0.1) is 0 Å². The first-order chi connectivity index (χ1) is 5.71. The van der Waals surface area contributed by atoms with Gasteiger partial charge in [-0.2, -0.15) is 0 Å². The third-order valence-electron chi connectivity index (χ3n) is 2.31. The summed E-state index contributed by atoms with van der Waals surface area (Å²) in [4.78, 5) is 0. The first-order valence-electron chi connectivity index (χ1n) is 4.52. The van der Waals surface area contributed by atoms with Crippen LogP contribution in [0.2, 0.25) is 5.54 Å². The molecule has 0 amide bonds. The summed E-state index contributed by atoms with van der Waals surface area (Å²) in [5.41, 5.74) is 6.39. The smallest absolute Gasteiger partial charge is 0.325 e. The average Bonchev–Trinajstić information content (AvgIpc) is 2.12. The fourth-order valence-corrected chi connectivity index (χ4v) is 3.40. The van der Waals surface area contributed by atoms with Crippen molar-refractivity contribution in [2.75, 3.05) is 14.2 Å². The van der Waals surface area contributed by atoms with Crippen molar-refractivity contribution >= 4 is 9.28 Å². The maximum atomic E-state index is 5.95. The molecule has 0 spiro atoms. The highest BCUT2D eigenvalue weighted by Crippen LogP contribution is 2.21. The molecule has 0 bridgehead atoms. The molecule has 4 heteroatoms. The van der Waals surface area contributed by atoms with Gasteiger partial charge in [-0.3, -0.25) is 0 Å². The molecule has 0 fully saturated rings. The minimum Gasteiger partial charge on any atom is -0.400 e. The molecule has 0 heterocycles. The van der Waals surface area contributed by atoms with Gasteiger partial charge in [0.25, 0.3) is 0 Å². The monoisotopic (exact) mass is 191 g/mol. The van der Waals surface area contributed by atoms with Crippen LogP contribution in [-0.4, -0.2) is 29.5 Å². The molecule has 0 aliphatic rings. The van der Waals surface area contributed by atoms with Crippen molar-refractivity contribution in [1.82, 2.24) is 0 Å². The predicted octanol–water partition coefficient (Wildman–Crippen LogP) is 1.02. The summed E-state index contributed by atoms with van der Waals surface area (Å²) in [5.74, 6) is 0. The molecule has 74 valence electrons. The van der Waals surface area contributed by atoms with Crippen LogP contribution < -0.4 is 5.73 Å². The van der Waals surface area contributed by atoms with E-state index in [9.17, 15) is 0 Å². The second-order valence-electron chi connectivity index (χ2n) is 2.98. The van der Waals surface area contributed by atoms with E-state index < -0.39 is 9.28 Å². The van der Waals surface area contributed by atoms with E-state index in [2.05, 4.69) is 13.8 Å². The SMILES string of the molecule is CCC(N)C(CC)[SiH](OC)OC. The van der Waals surface area contributed by atoms with Crippen molar-refractivity contribution < 1.29 is 8.85 Å². The van der Waals surface area contributed by atoms with E-state index in [1.165, 1.54) is 0 Å². The number of hydrogen-bond donors (Lipinski definition) is 1. The van der Waals surface area contributed by atoms with Crippen LogP contribution in [0.4, 0.5) is 0 Å². The third kappa shape index (κ3) is 3.22. The summed E-state index contributed by atoms with van der Waals surface area (Å²) < 4.78 is 10.6. The lowest BCUT2D eigenvalue weighted by atomic mass is 10.1. The molecule has 12 heavy (non-hydrogen) atoms. The van der Waals surface area contributed by atoms with E-state index >= 15 is 0 Å². The standard InChI is InChI=1S/C8H21NO2Si/c1-5-7(9)8(6-2)12(10-3)11-4/h7-8,12H,5-6,9H2,1-4H3. The minimum absolute atomic E-state index is 0.228. The topological polar surface area (TPSA) is 44.5 Å². The summed E-state index contributed by atoms with van der Waals surface area (Å²) in [7, 11) is 1.92. The Hall–Kier alpha value is 0.0969. The van der Waals surface area contributed by atoms with Gasteiger partial charge < -0.3 is 14.6 Å². The zero-order valence-corrected chi connectivity index (χ0v) is 9.69. The molecule has 2 N–H and O–H groups in total. The van der Waals surface area contributed by atoms with Crippen LogP contribution in [0, 0.1) is 0 Å². The third-order valence-corrected chi connectivity index (χ3v) is 4.90. The highest BCUT2D eigenvalue weighted by Gasteiger charge is 2.27. The zero-order chi connectivity index (χ0) is 9.56. The van der Waals surface area contributed by atoms with Crippen LogP contribution in [0.25, 0.3) is 0 Å². The van der Waals surface area contributed by atoms with Gasteiger partial charge in [-0.1, -0.05) is 20.3 Å². The van der Waals surface area contributed by atoms with Crippen LogP contribution >= 0.6 is 0 Å². The quantitative estimate of drug-likeness (QED) is 0.637. The maximum Gasteiger partial charge on any atom is 0.325 e. The molecule has 2 atom stereocenters. The highest BCUT2D eigenvalue weighted by molar-refractivity contribution is 6.46. The average molecular weight is 191 g/mol. The Morgan fingerprint density at radius 2 is 1.67 bits per heavy atom. The Kier molecular flexibility index (Phi) is 6.65. The van der Waals surface area contributed by atoms with Gasteiger partial charge in [0.2, 0.25) is 0 Å². The predicted molar refractivity (Wildman–Crippen MR) is 53.5 cm³/mol. The summed E-state index contributed by atoms with van der Waals surface area (Å²) in [6.07, 6.45) is 2.04. The summed E-state index contributed by atoms with van der Waals surface area (Å²) in [6.45, 7) is 4.24. The largest absolute Gasteiger partial charge is 0.400 e. The number of hydrogen-bond acceptors (Lipinski definition) is 3. The normalized spacial score (nSPS) is 16.5. The molecule has 0 aliphatic heterocycles. The fourth-order valence-electron chi connectivity index (χ4n) is 1.45. The Morgan fingerprint density at radius 3 is 1.92 bits per heavy atom. The lowest BCUT2D eigenvalue weighted by molar-refractivity contribution is 0.256. The van der Waals surface area contributed by atoms with Gasteiger partial charge in [-0.25, -0.2) is 0 Å². The molecular weight excluding hydrogens is 170 g/mol. The molecule has 0 rings (SSSR count). The molecule has 0 aliphatic carbocycles. The summed E-state index contributed by atoms with van der Waals surface area (Å²) in [5, 5.41) is 0. The van der Waals surface area contributed by atoms with Gasteiger partial charge in [-0.05, 0) is 6.42 Å². The van der Waals surface area contributed by atoms with Crippen LogP contribution in [0.15, 0.2) is 0 Å². The van der Waals surface area contributed by atoms with E-state index in [1.807, 2.05) is 0 Å². The number of rotatable bonds is 6. The summed E-state index contributed by atoms with van der Waals surface area (Å²) >= 11 is 0. The number of nitrogens with two attached hydrogens (primary N) is 1. The van der Waals surface area contributed by atoms with Crippen molar-refractivity contribution in [2.45, 2.75) is 38.3 Å². The lowest BCUT2D eigenvalue weighted by Crippen LogP contribution is -2.38. The first-order valence-corrected chi connectivity index (χ1v) is 6.13. The first kappa shape index (κ1) is 12.1. The van der Waals surface area contributed by atoms with Crippen molar-refractivity contribution in [3.8, 4) is 0 Å². The Bertz CT molecular complexity index is 109. The molecule has 0 aromatic heterocycles. The molecule has 0 aromatic rings. The van der Waals surface area contributed by atoms with Crippen molar-refractivity contribution in [2.24, 2.45) is 5.73 Å². The summed E-state index contributed by atoms with van der Waals surface area (Å²) in [6, 6.07) is 0.228. The Balaban J connectivity index is 4.09. The van der Waals surface area contributed by atoms with Crippen LogP contribution in [0.3, 0.4) is 0 Å². The van der Waals surface area contributed by atoms with Crippen molar-refractivity contribution in [3.63, 3.8) is 0 Å². The Morgan fingerprint density at radius 1 is 1.17 bits per heavy atom. The zero-order valence-electron chi connectivity index (χ0n) is 8.54. The van der Waals surface area contributed by atoms with E-state index in [0.29, 0.717) is 5.54 Å². The maximum absolute atomic E-state index is 5.95. The van der Waals surface area contributed by atoms with E-state index in [0.717, 1.165) is 12.8 Å². The second-order valence-corrected chi connectivity index (χ2v) is 5.52. The molecule has 3 nitrogen and oxygen atoms in total. The van der Waals surface area contributed by atoms with Crippen LogP contribution in [0.5, 0.6) is 0 Å². The highest BCUT2D eigenvalue weighted by atomic mass is 28.3. The van der Waals surface area contributed by atoms with Crippen LogP contribution in [0.1, 0.15) is 26.7 Å². The van der Waals surface area contributed by atoms with Gasteiger partial charge >= 0.3 is 9.28 Å². The molecule has 0 saturated heterocycles. The van der Waals surface area contributed by atoms with Gasteiger partial charge in [0.15, 0.2) is 0 Å². The van der Waals surface area contributed by atoms with Gasteiger partial charge in [0.1, 0.15) is 0 Å². The van der Waals surface area contributed by atoms with Gasteiger partial charge in [0.05, 0.1) is 0 Å². The van der Waals surface area contributed by atoms with Gasteiger partial charge in [0, 0.05) is 25.8 Å². The molecule has 0 saturated carbocycles. The Labute approximate surface area is 77.1 Å². The second kappa shape index (κ2) is 6.60. The fraction of sp³-hybridized carbons (Fsp3) is 1.00. The minimum atomic E-state index is -1.51. The van der Waals surface area contributed by atoms with Crippen LogP contribution in [-0.2, 0) is 8.85 Å². The lowest BCUT2D eigenvalue weighted by Gasteiger charge is -2.26. The molecule has 0 radical (unpaired) electrons. The molecule has 2 unspecified atom stereocenters.